The minimum atomic E-state index is -0.392. The highest BCUT2D eigenvalue weighted by molar-refractivity contribution is 7.80. The Morgan fingerprint density at radius 3 is 2.15 bits per heavy atom. The van der Waals surface area contributed by atoms with Crippen molar-refractivity contribution in [3.05, 3.63) is 89.7 Å². The summed E-state index contributed by atoms with van der Waals surface area (Å²) < 4.78 is 10.5. The Bertz CT molecular complexity index is 1090. The Balaban J connectivity index is 1.80. The van der Waals surface area contributed by atoms with Crippen LogP contribution in [-0.4, -0.2) is 35.2 Å². The highest BCUT2D eigenvalue weighted by Gasteiger charge is 2.17. The van der Waals surface area contributed by atoms with Gasteiger partial charge < -0.3 is 14.4 Å². The number of carbonyl (C=O) groups excluding carboxylic acids is 2. The van der Waals surface area contributed by atoms with Crippen molar-refractivity contribution in [3.63, 3.8) is 0 Å². The van der Waals surface area contributed by atoms with E-state index >= 15 is 0 Å². The molecule has 0 saturated carbocycles. The number of esters is 1. The summed E-state index contributed by atoms with van der Waals surface area (Å²) in [4.78, 5) is 30.6. The van der Waals surface area contributed by atoms with Crippen molar-refractivity contribution >= 4 is 34.9 Å². The maximum Gasteiger partial charge on any atom is 0.338 e. The molecule has 1 aromatic heterocycles. The molecule has 3 aromatic rings. The first-order valence-electron chi connectivity index (χ1n) is 10.5. The average molecular weight is 464 g/mol. The summed E-state index contributed by atoms with van der Waals surface area (Å²) in [5.41, 5.74) is 2.57. The van der Waals surface area contributed by atoms with Crippen molar-refractivity contribution in [3.8, 4) is 5.75 Å². The van der Waals surface area contributed by atoms with Gasteiger partial charge in [-0.15, -0.1) is 0 Å². The molecule has 0 fully saturated rings. The van der Waals surface area contributed by atoms with Crippen LogP contribution < -0.4 is 15.0 Å². The third kappa shape index (κ3) is 6.60. The third-order valence-corrected chi connectivity index (χ3v) is 5.00. The van der Waals surface area contributed by atoms with E-state index in [1.165, 1.54) is 0 Å². The smallest absolute Gasteiger partial charge is 0.338 e. The summed E-state index contributed by atoms with van der Waals surface area (Å²) in [6.07, 6.45) is 3.39. The standard InChI is InChI=1S/C25H25N3O4S/c1-3-31-22-11-7-19(8-12-22)23(29)27-25(33)28(17-18-13-15-26-16-14-18)21-9-5-20(6-10-21)24(30)32-4-2/h5-16H,3-4,17H2,1-2H3,(H,27,29,33). The number of rotatable bonds is 8. The Hall–Kier alpha value is -3.78. The predicted octanol–water partition coefficient (Wildman–Crippen LogP) is 4.38. The van der Waals surface area contributed by atoms with Crippen LogP contribution in [0.1, 0.15) is 40.1 Å². The maximum atomic E-state index is 12.8. The highest BCUT2D eigenvalue weighted by atomic mass is 32.1. The van der Waals surface area contributed by atoms with Crippen molar-refractivity contribution in [2.45, 2.75) is 20.4 Å². The quantitative estimate of drug-likeness (QED) is 0.392. The number of aromatic nitrogens is 1. The van der Waals surface area contributed by atoms with Crippen LogP contribution in [-0.2, 0) is 11.3 Å². The van der Waals surface area contributed by atoms with Crippen molar-refractivity contribution in [2.24, 2.45) is 0 Å². The fourth-order valence-electron chi connectivity index (χ4n) is 3.05. The number of nitrogens with zero attached hydrogens (tertiary/aromatic N) is 2. The van der Waals surface area contributed by atoms with Gasteiger partial charge in [-0.05, 0) is 92.3 Å². The van der Waals surface area contributed by atoms with Gasteiger partial charge in [-0.25, -0.2) is 4.79 Å². The topological polar surface area (TPSA) is 80.8 Å². The number of hydrogen-bond donors (Lipinski definition) is 1. The number of carbonyl (C=O) groups is 2. The molecule has 170 valence electrons. The molecule has 0 bridgehead atoms. The van der Waals surface area contributed by atoms with Gasteiger partial charge in [-0.1, -0.05) is 0 Å². The molecule has 2 aromatic carbocycles. The van der Waals surface area contributed by atoms with Gasteiger partial charge in [0.1, 0.15) is 5.75 Å². The summed E-state index contributed by atoms with van der Waals surface area (Å²) in [5, 5.41) is 3.03. The van der Waals surface area contributed by atoms with Crippen LogP contribution in [0.4, 0.5) is 5.69 Å². The van der Waals surface area contributed by atoms with Gasteiger partial charge in [0.15, 0.2) is 5.11 Å². The van der Waals surface area contributed by atoms with Gasteiger partial charge in [0.25, 0.3) is 5.91 Å². The maximum absolute atomic E-state index is 12.8. The zero-order chi connectivity index (χ0) is 23.6. The SMILES string of the molecule is CCOC(=O)c1ccc(N(Cc2ccncc2)C(=S)NC(=O)c2ccc(OCC)cc2)cc1. The van der Waals surface area contributed by atoms with Crippen LogP contribution >= 0.6 is 12.2 Å². The number of pyridine rings is 1. The molecule has 0 atom stereocenters. The summed E-state index contributed by atoms with van der Waals surface area (Å²) in [6, 6.07) is 17.5. The molecule has 0 aliphatic carbocycles. The van der Waals surface area contributed by atoms with Gasteiger partial charge in [0.2, 0.25) is 0 Å². The van der Waals surface area contributed by atoms with Crippen molar-refractivity contribution in [1.82, 2.24) is 10.3 Å². The molecule has 1 N–H and O–H groups in total. The molecule has 0 saturated heterocycles. The van der Waals surface area contributed by atoms with Gasteiger partial charge >= 0.3 is 5.97 Å². The third-order valence-electron chi connectivity index (χ3n) is 4.67. The molecule has 0 spiro atoms. The Labute approximate surface area is 198 Å². The molecule has 33 heavy (non-hydrogen) atoms. The van der Waals surface area contributed by atoms with E-state index in [-0.39, 0.29) is 11.0 Å². The van der Waals surface area contributed by atoms with Gasteiger partial charge in [0.05, 0.1) is 25.3 Å². The minimum absolute atomic E-state index is 0.231. The molecule has 0 unspecified atom stereocenters. The molecule has 1 heterocycles. The fourth-order valence-corrected chi connectivity index (χ4v) is 3.31. The van der Waals surface area contributed by atoms with Crippen molar-refractivity contribution in [1.29, 1.82) is 0 Å². The lowest BCUT2D eigenvalue weighted by Gasteiger charge is -2.26. The lowest BCUT2D eigenvalue weighted by Crippen LogP contribution is -2.42. The zero-order valence-corrected chi connectivity index (χ0v) is 19.3. The first-order valence-corrected chi connectivity index (χ1v) is 10.9. The number of hydrogen-bond acceptors (Lipinski definition) is 6. The van der Waals surface area contributed by atoms with Gasteiger partial charge in [-0.3, -0.25) is 15.1 Å². The molecule has 0 radical (unpaired) electrons. The average Bonchev–Trinajstić information content (AvgIpc) is 2.84. The fraction of sp³-hybridized carbons (Fsp3) is 0.200. The lowest BCUT2D eigenvalue weighted by molar-refractivity contribution is 0.0526. The molecule has 1 amide bonds. The van der Waals surface area contributed by atoms with E-state index in [4.69, 9.17) is 21.7 Å². The van der Waals surface area contributed by atoms with Crippen LogP contribution in [0.3, 0.4) is 0 Å². The van der Waals surface area contributed by atoms with E-state index in [1.54, 1.807) is 72.7 Å². The number of ether oxygens (including phenoxy) is 2. The Morgan fingerprint density at radius 1 is 0.909 bits per heavy atom. The monoisotopic (exact) mass is 463 g/mol. The molecule has 8 heteroatoms. The second-order valence-corrected chi connectivity index (χ2v) is 7.31. The van der Waals surface area contributed by atoms with E-state index < -0.39 is 5.97 Å². The van der Waals surface area contributed by atoms with E-state index in [2.05, 4.69) is 10.3 Å². The number of nitrogens with one attached hydrogen (secondary N) is 1. The first kappa shape index (κ1) is 23.9. The van der Waals surface area contributed by atoms with Crippen molar-refractivity contribution in [2.75, 3.05) is 18.1 Å². The second kappa shape index (κ2) is 11.7. The van der Waals surface area contributed by atoms with Crippen LogP contribution in [0.2, 0.25) is 0 Å². The lowest BCUT2D eigenvalue weighted by atomic mass is 10.1. The first-order chi connectivity index (χ1) is 16.0. The Kier molecular flexibility index (Phi) is 8.49. The number of thiocarbonyl (C=S) groups is 1. The minimum Gasteiger partial charge on any atom is -0.494 e. The summed E-state index contributed by atoms with van der Waals surface area (Å²) in [7, 11) is 0. The molecule has 7 nitrogen and oxygen atoms in total. The Morgan fingerprint density at radius 2 is 1.55 bits per heavy atom. The van der Waals surface area contributed by atoms with Crippen molar-refractivity contribution < 1.29 is 19.1 Å². The van der Waals surface area contributed by atoms with E-state index in [9.17, 15) is 9.59 Å². The molecular weight excluding hydrogens is 438 g/mol. The van der Waals surface area contributed by atoms with Crippen LogP contribution in [0.25, 0.3) is 0 Å². The molecule has 0 aliphatic rings. The van der Waals surface area contributed by atoms with Crippen LogP contribution in [0.5, 0.6) is 5.75 Å². The largest absolute Gasteiger partial charge is 0.494 e. The normalized spacial score (nSPS) is 10.2. The van der Waals surface area contributed by atoms with E-state index in [1.807, 2.05) is 19.1 Å². The predicted molar refractivity (Wildman–Crippen MR) is 130 cm³/mol. The van der Waals surface area contributed by atoms with Gasteiger partial charge in [0, 0.05) is 23.6 Å². The van der Waals surface area contributed by atoms with Crippen LogP contribution in [0.15, 0.2) is 73.1 Å². The van der Waals surface area contributed by atoms with Crippen LogP contribution in [0, 0.1) is 0 Å². The molecule has 0 aliphatic heterocycles. The number of amides is 1. The zero-order valence-electron chi connectivity index (χ0n) is 18.5. The number of anilines is 1. The summed E-state index contributed by atoms with van der Waals surface area (Å²) in [5.74, 6) is -0.0281. The highest BCUT2D eigenvalue weighted by Crippen LogP contribution is 2.20. The molecule has 3 rings (SSSR count). The second-order valence-electron chi connectivity index (χ2n) is 6.93. The molecular formula is C25H25N3O4S. The van der Waals surface area contributed by atoms with Gasteiger partial charge in [-0.2, -0.15) is 0 Å². The van der Waals surface area contributed by atoms with E-state index in [0.29, 0.717) is 36.6 Å². The van der Waals surface area contributed by atoms with E-state index in [0.717, 1.165) is 11.3 Å². The summed E-state index contributed by atoms with van der Waals surface area (Å²) >= 11 is 5.59. The number of benzene rings is 2. The summed E-state index contributed by atoms with van der Waals surface area (Å²) in [6.45, 7) is 4.92.